The van der Waals surface area contributed by atoms with Crippen LogP contribution in [0.4, 0.5) is 11.8 Å². The SMILES string of the molecule is CC(=O)N[C@@H](C)C(=O)N[C@@H](Cc1c[nH]c2ccccc12)C(=O)NC[C@H]1CC[C@@H](Nc2nc(N(C)C)c3ccccc3n2)CC1. The Morgan fingerprint density at radius 1 is 0.932 bits per heavy atom. The third-order valence-electron chi connectivity index (χ3n) is 8.30. The van der Waals surface area contributed by atoms with E-state index in [0.717, 1.165) is 58.9 Å². The van der Waals surface area contributed by atoms with Crippen LogP contribution in [0.3, 0.4) is 0 Å². The quantitative estimate of drug-likeness (QED) is 0.178. The number of aromatic nitrogens is 3. The number of carbonyl (C=O) groups excluding carboxylic acids is 3. The molecule has 4 aromatic rings. The summed E-state index contributed by atoms with van der Waals surface area (Å²) < 4.78 is 0. The zero-order chi connectivity index (χ0) is 31.2. The lowest BCUT2D eigenvalue weighted by Crippen LogP contribution is -2.53. The number of benzene rings is 2. The van der Waals surface area contributed by atoms with Gasteiger partial charge in [0.1, 0.15) is 17.9 Å². The second kappa shape index (κ2) is 13.7. The minimum atomic E-state index is -0.785. The lowest BCUT2D eigenvalue weighted by atomic mass is 9.86. The monoisotopic (exact) mass is 598 g/mol. The highest BCUT2D eigenvalue weighted by Crippen LogP contribution is 2.28. The predicted molar refractivity (Wildman–Crippen MR) is 173 cm³/mol. The van der Waals surface area contributed by atoms with Crippen LogP contribution in [-0.4, -0.2) is 71.4 Å². The maximum absolute atomic E-state index is 13.5. The molecule has 2 aromatic heterocycles. The van der Waals surface area contributed by atoms with Crippen molar-refractivity contribution in [2.24, 2.45) is 5.92 Å². The molecule has 11 heteroatoms. The number of hydrogen-bond acceptors (Lipinski definition) is 7. The summed E-state index contributed by atoms with van der Waals surface area (Å²) >= 11 is 0. The van der Waals surface area contributed by atoms with Crippen molar-refractivity contribution in [1.29, 1.82) is 0 Å². The minimum Gasteiger partial charge on any atom is -0.362 e. The summed E-state index contributed by atoms with van der Waals surface area (Å²) in [5.74, 6) is 0.902. The molecule has 0 radical (unpaired) electrons. The zero-order valence-electron chi connectivity index (χ0n) is 25.8. The van der Waals surface area contributed by atoms with Gasteiger partial charge in [0.05, 0.1) is 5.52 Å². The van der Waals surface area contributed by atoms with Gasteiger partial charge in [-0.3, -0.25) is 14.4 Å². The minimum absolute atomic E-state index is 0.236. The van der Waals surface area contributed by atoms with E-state index in [2.05, 4.69) is 26.3 Å². The Balaban J connectivity index is 1.18. The third-order valence-corrected chi connectivity index (χ3v) is 8.30. The van der Waals surface area contributed by atoms with Crippen molar-refractivity contribution in [1.82, 2.24) is 30.9 Å². The molecule has 1 aliphatic rings. The van der Waals surface area contributed by atoms with Crippen LogP contribution >= 0.6 is 0 Å². The summed E-state index contributed by atoms with van der Waals surface area (Å²) in [6.07, 6.45) is 5.99. The first-order chi connectivity index (χ1) is 21.2. The van der Waals surface area contributed by atoms with E-state index >= 15 is 0 Å². The molecular weight excluding hydrogens is 556 g/mol. The highest BCUT2D eigenvalue weighted by Gasteiger charge is 2.27. The number of para-hydroxylation sites is 2. The van der Waals surface area contributed by atoms with Crippen LogP contribution in [0.15, 0.2) is 54.7 Å². The van der Waals surface area contributed by atoms with E-state index in [0.29, 0.717) is 24.8 Å². The van der Waals surface area contributed by atoms with Gasteiger partial charge in [-0.1, -0.05) is 30.3 Å². The molecule has 3 amide bonds. The van der Waals surface area contributed by atoms with Crippen LogP contribution in [0.5, 0.6) is 0 Å². The van der Waals surface area contributed by atoms with E-state index in [4.69, 9.17) is 9.97 Å². The van der Waals surface area contributed by atoms with Gasteiger partial charge in [0, 0.05) is 62.5 Å². The molecule has 232 valence electrons. The summed E-state index contributed by atoms with van der Waals surface area (Å²) in [5.41, 5.74) is 2.82. The highest BCUT2D eigenvalue weighted by molar-refractivity contribution is 5.93. The third kappa shape index (κ3) is 7.45. The largest absolute Gasteiger partial charge is 0.362 e. The van der Waals surface area contributed by atoms with Crippen LogP contribution in [-0.2, 0) is 20.8 Å². The van der Waals surface area contributed by atoms with E-state index in [1.807, 2.05) is 73.7 Å². The molecule has 44 heavy (non-hydrogen) atoms. The van der Waals surface area contributed by atoms with E-state index in [-0.39, 0.29) is 17.9 Å². The second-order valence-electron chi connectivity index (χ2n) is 11.9. The van der Waals surface area contributed by atoms with Crippen LogP contribution in [0.1, 0.15) is 45.1 Å². The number of nitrogens with one attached hydrogen (secondary N) is 5. The van der Waals surface area contributed by atoms with Crippen molar-refractivity contribution >= 4 is 51.3 Å². The van der Waals surface area contributed by atoms with Crippen molar-refractivity contribution in [3.05, 3.63) is 60.3 Å². The van der Waals surface area contributed by atoms with E-state index < -0.39 is 18.0 Å². The molecule has 2 aromatic carbocycles. The van der Waals surface area contributed by atoms with Gasteiger partial charge in [0.15, 0.2) is 0 Å². The van der Waals surface area contributed by atoms with Crippen molar-refractivity contribution in [3.8, 4) is 0 Å². The van der Waals surface area contributed by atoms with Crippen molar-refractivity contribution in [2.75, 3.05) is 30.9 Å². The summed E-state index contributed by atoms with van der Waals surface area (Å²) in [7, 11) is 3.97. The summed E-state index contributed by atoms with van der Waals surface area (Å²) in [6.45, 7) is 3.50. The number of aromatic amines is 1. The summed E-state index contributed by atoms with van der Waals surface area (Å²) in [6, 6.07) is 14.6. The number of nitrogens with zero attached hydrogens (tertiary/aromatic N) is 3. The van der Waals surface area contributed by atoms with Crippen molar-refractivity contribution < 1.29 is 14.4 Å². The number of hydrogen-bond donors (Lipinski definition) is 5. The predicted octanol–water partition coefficient (Wildman–Crippen LogP) is 3.52. The summed E-state index contributed by atoms with van der Waals surface area (Å²) in [5, 5.41) is 14.1. The Kier molecular flexibility index (Phi) is 9.62. The fourth-order valence-corrected chi connectivity index (χ4v) is 5.92. The fraction of sp³-hybridized carbons (Fsp3) is 0.424. The van der Waals surface area contributed by atoms with Gasteiger partial charge in [-0.2, -0.15) is 4.98 Å². The number of carbonyl (C=O) groups is 3. The van der Waals surface area contributed by atoms with E-state index in [1.165, 1.54) is 6.92 Å². The van der Waals surface area contributed by atoms with Gasteiger partial charge in [-0.25, -0.2) is 4.98 Å². The molecule has 0 saturated heterocycles. The topological polar surface area (TPSA) is 144 Å². The molecule has 2 heterocycles. The fourth-order valence-electron chi connectivity index (χ4n) is 5.92. The average molecular weight is 599 g/mol. The number of amides is 3. The lowest BCUT2D eigenvalue weighted by Gasteiger charge is -2.30. The first-order valence-electron chi connectivity index (χ1n) is 15.3. The molecule has 0 bridgehead atoms. The molecule has 1 fully saturated rings. The van der Waals surface area contributed by atoms with Crippen molar-refractivity contribution in [3.63, 3.8) is 0 Å². The Morgan fingerprint density at radius 3 is 2.36 bits per heavy atom. The Hall–Kier alpha value is -4.67. The lowest BCUT2D eigenvalue weighted by molar-refractivity contribution is -0.131. The van der Waals surface area contributed by atoms with Gasteiger partial charge in [-0.15, -0.1) is 0 Å². The van der Waals surface area contributed by atoms with Gasteiger partial charge in [0.2, 0.25) is 23.7 Å². The molecule has 5 N–H and O–H groups in total. The standard InChI is InChI=1S/C33H42N8O3/c1-20(36-21(2)42)31(43)38-29(17-23-19-34-27-11-7-5-9-25(23)27)32(44)35-18-22-13-15-24(16-14-22)37-33-39-28-12-8-6-10-26(28)30(40-33)41(3)4/h5-12,19-20,22,24,29,34H,13-18H2,1-4H3,(H,35,44)(H,36,42)(H,38,43)(H,37,39,40)/t20-,22-,24+,29-/m0/s1. The number of anilines is 2. The molecular formula is C33H42N8O3. The molecule has 0 unspecified atom stereocenters. The van der Waals surface area contributed by atoms with Gasteiger partial charge < -0.3 is 31.2 Å². The van der Waals surface area contributed by atoms with E-state index in [1.54, 1.807) is 6.92 Å². The first kappa shape index (κ1) is 30.8. The Bertz CT molecular complexity index is 1630. The van der Waals surface area contributed by atoms with Gasteiger partial charge >= 0.3 is 0 Å². The second-order valence-corrected chi connectivity index (χ2v) is 11.9. The van der Waals surface area contributed by atoms with Crippen LogP contribution in [0.25, 0.3) is 21.8 Å². The maximum Gasteiger partial charge on any atom is 0.242 e. The molecule has 5 rings (SSSR count). The van der Waals surface area contributed by atoms with Crippen LogP contribution in [0.2, 0.25) is 0 Å². The molecule has 1 saturated carbocycles. The van der Waals surface area contributed by atoms with E-state index in [9.17, 15) is 14.4 Å². The molecule has 11 nitrogen and oxygen atoms in total. The van der Waals surface area contributed by atoms with Crippen LogP contribution < -0.4 is 26.2 Å². The first-order valence-corrected chi connectivity index (χ1v) is 15.3. The molecule has 0 spiro atoms. The Labute approximate surface area is 257 Å². The van der Waals surface area contributed by atoms with Crippen molar-refractivity contribution in [2.45, 2.75) is 64.1 Å². The number of H-pyrrole nitrogens is 1. The number of fused-ring (bicyclic) bond motifs is 2. The van der Waals surface area contributed by atoms with Gasteiger partial charge in [-0.05, 0) is 62.3 Å². The maximum atomic E-state index is 13.5. The van der Waals surface area contributed by atoms with Crippen LogP contribution in [0, 0.1) is 5.92 Å². The Morgan fingerprint density at radius 2 is 1.64 bits per heavy atom. The van der Waals surface area contributed by atoms with Gasteiger partial charge in [0.25, 0.3) is 0 Å². The zero-order valence-corrected chi connectivity index (χ0v) is 25.8. The normalized spacial score (nSPS) is 17.9. The summed E-state index contributed by atoms with van der Waals surface area (Å²) in [4.78, 5) is 52.6. The molecule has 2 atom stereocenters. The molecule has 0 aliphatic heterocycles. The smallest absolute Gasteiger partial charge is 0.242 e. The average Bonchev–Trinajstić information content (AvgIpc) is 3.42. The number of rotatable bonds is 11. The molecule has 1 aliphatic carbocycles. The highest BCUT2D eigenvalue weighted by atomic mass is 16.2.